The number of aromatic nitrogens is 4. The van der Waals surface area contributed by atoms with Crippen LogP contribution >= 0.6 is 11.6 Å². The fourth-order valence-electron chi connectivity index (χ4n) is 3.91. The molecule has 8 nitrogen and oxygen atoms in total. The van der Waals surface area contributed by atoms with Gasteiger partial charge in [-0.1, -0.05) is 30.7 Å². The topological polar surface area (TPSA) is 93.0 Å². The van der Waals surface area contributed by atoms with Crippen LogP contribution < -0.4 is 15.8 Å². The van der Waals surface area contributed by atoms with E-state index < -0.39 is 0 Å². The molecule has 3 aromatic rings. The molecule has 1 aromatic carbocycles. The highest BCUT2D eigenvalue weighted by atomic mass is 35.5. The van der Waals surface area contributed by atoms with Crippen molar-refractivity contribution in [2.75, 3.05) is 24.5 Å². The molecule has 0 bridgehead atoms. The monoisotopic (exact) mass is 466 g/mol. The predicted molar refractivity (Wildman–Crippen MR) is 128 cm³/mol. The van der Waals surface area contributed by atoms with Gasteiger partial charge in [-0.25, -0.2) is 4.98 Å². The number of hydrogen-bond acceptors (Lipinski definition) is 6. The molecule has 1 fully saturated rings. The number of carbonyl (C=O) groups excluding carboxylic acids is 1. The zero-order valence-corrected chi connectivity index (χ0v) is 19.3. The average molecular weight is 467 g/mol. The lowest BCUT2D eigenvalue weighted by atomic mass is 9.96. The Hall–Kier alpha value is -3.26. The zero-order valence-electron chi connectivity index (χ0n) is 18.6. The number of nitrogens with one attached hydrogen (secondary N) is 1. The SMILES string of the molecule is CCc1cc(=O)n(CCNC(=O)C2CCN(c3ccc(-c4ccc(Cl)cc4)nn3)CC2)cn1. The molecule has 9 heteroatoms. The van der Waals surface area contributed by atoms with E-state index in [2.05, 4.69) is 25.4 Å². The van der Waals surface area contributed by atoms with Gasteiger partial charge in [0, 0.05) is 54.4 Å². The van der Waals surface area contributed by atoms with Crippen LogP contribution in [-0.2, 0) is 17.8 Å². The van der Waals surface area contributed by atoms with E-state index in [0.29, 0.717) is 18.1 Å². The summed E-state index contributed by atoms with van der Waals surface area (Å²) < 4.78 is 1.52. The fraction of sp³-hybridized carbons (Fsp3) is 0.375. The molecule has 1 aliphatic rings. The van der Waals surface area contributed by atoms with Crippen LogP contribution in [0.25, 0.3) is 11.3 Å². The Labute approximate surface area is 197 Å². The van der Waals surface area contributed by atoms with E-state index in [9.17, 15) is 9.59 Å². The summed E-state index contributed by atoms with van der Waals surface area (Å²) in [6, 6.07) is 13.0. The van der Waals surface area contributed by atoms with E-state index in [0.717, 1.165) is 55.1 Å². The Kier molecular flexibility index (Phi) is 7.34. The summed E-state index contributed by atoms with van der Waals surface area (Å²) in [6.45, 7) is 4.27. The van der Waals surface area contributed by atoms with Crippen molar-refractivity contribution >= 4 is 23.3 Å². The van der Waals surface area contributed by atoms with Crippen molar-refractivity contribution in [3.8, 4) is 11.3 Å². The van der Waals surface area contributed by atoms with Gasteiger partial charge in [0.1, 0.15) is 0 Å². The fourth-order valence-corrected chi connectivity index (χ4v) is 4.03. The van der Waals surface area contributed by atoms with Crippen LogP contribution in [0.15, 0.2) is 53.6 Å². The van der Waals surface area contributed by atoms with Crippen molar-refractivity contribution in [1.29, 1.82) is 0 Å². The minimum atomic E-state index is -0.0902. The van der Waals surface area contributed by atoms with Gasteiger partial charge in [-0.15, -0.1) is 10.2 Å². The van der Waals surface area contributed by atoms with Crippen LogP contribution in [0.4, 0.5) is 5.82 Å². The third-order valence-electron chi connectivity index (χ3n) is 5.93. The van der Waals surface area contributed by atoms with Crippen molar-refractivity contribution in [2.24, 2.45) is 5.92 Å². The molecular weight excluding hydrogens is 440 g/mol. The van der Waals surface area contributed by atoms with Crippen LogP contribution in [0.5, 0.6) is 0 Å². The van der Waals surface area contributed by atoms with E-state index in [1.807, 2.05) is 43.3 Å². The Balaban J connectivity index is 1.25. The summed E-state index contributed by atoms with van der Waals surface area (Å²) in [6.07, 6.45) is 3.77. The predicted octanol–water partition coefficient (Wildman–Crippen LogP) is 2.95. The quantitative estimate of drug-likeness (QED) is 0.575. The Morgan fingerprint density at radius 3 is 2.52 bits per heavy atom. The Morgan fingerprint density at radius 2 is 1.88 bits per heavy atom. The minimum absolute atomic E-state index is 0.0324. The largest absolute Gasteiger partial charge is 0.355 e. The summed E-state index contributed by atoms with van der Waals surface area (Å²) >= 11 is 5.95. The maximum Gasteiger partial charge on any atom is 0.253 e. The summed E-state index contributed by atoms with van der Waals surface area (Å²) in [5.74, 6) is 0.804. The van der Waals surface area contributed by atoms with E-state index in [1.54, 1.807) is 12.4 Å². The molecule has 1 aliphatic heterocycles. The number of aryl methyl sites for hydroxylation is 1. The highest BCUT2D eigenvalue weighted by Crippen LogP contribution is 2.24. The maximum absolute atomic E-state index is 12.6. The second-order valence-corrected chi connectivity index (χ2v) is 8.54. The first-order valence-corrected chi connectivity index (χ1v) is 11.6. The zero-order chi connectivity index (χ0) is 23.2. The molecule has 4 rings (SSSR count). The number of benzene rings is 1. The molecule has 1 saturated heterocycles. The maximum atomic E-state index is 12.6. The summed E-state index contributed by atoms with van der Waals surface area (Å²) in [4.78, 5) is 31.0. The Morgan fingerprint density at radius 1 is 1.12 bits per heavy atom. The Bertz CT molecular complexity index is 1140. The number of hydrogen-bond donors (Lipinski definition) is 1. The van der Waals surface area contributed by atoms with E-state index in [1.165, 1.54) is 4.57 Å². The van der Waals surface area contributed by atoms with Crippen molar-refractivity contribution in [2.45, 2.75) is 32.7 Å². The highest BCUT2D eigenvalue weighted by Gasteiger charge is 2.25. The van der Waals surface area contributed by atoms with Crippen LogP contribution in [-0.4, -0.2) is 45.3 Å². The third-order valence-corrected chi connectivity index (χ3v) is 6.18. The van der Waals surface area contributed by atoms with Gasteiger partial charge < -0.3 is 10.2 Å². The van der Waals surface area contributed by atoms with Crippen molar-refractivity contribution < 1.29 is 4.79 Å². The van der Waals surface area contributed by atoms with Crippen LogP contribution in [0.2, 0.25) is 5.02 Å². The number of nitrogens with zero attached hydrogens (tertiary/aromatic N) is 5. The lowest BCUT2D eigenvalue weighted by Crippen LogP contribution is -2.42. The number of halogens is 1. The molecule has 1 amide bonds. The van der Waals surface area contributed by atoms with Gasteiger partial charge in [0.05, 0.1) is 12.0 Å². The number of carbonyl (C=O) groups is 1. The van der Waals surface area contributed by atoms with Gasteiger partial charge in [0.15, 0.2) is 5.82 Å². The first kappa shape index (κ1) is 22.9. The lowest BCUT2D eigenvalue weighted by Gasteiger charge is -2.31. The van der Waals surface area contributed by atoms with Gasteiger partial charge in [0.25, 0.3) is 5.56 Å². The van der Waals surface area contributed by atoms with E-state index in [-0.39, 0.29) is 17.4 Å². The normalized spacial score (nSPS) is 14.3. The summed E-state index contributed by atoms with van der Waals surface area (Å²) in [7, 11) is 0. The lowest BCUT2D eigenvalue weighted by molar-refractivity contribution is -0.125. The van der Waals surface area contributed by atoms with Crippen molar-refractivity contribution in [3.63, 3.8) is 0 Å². The molecule has 0 unspecified atom stereocenters. The van der Waals surface area contributed by atoms with Gasteiger partial charge >= 0.3 is 0 Å². The number of amides is 1. The molecule has 0 saturated carbocycles. The average Bonchev–Trinajstić information content (AvgIpc) is 2.85. The molecule has 0 aliphatic carbocycles. The molecule has 1 N–H and O–H groups in total. The van der Waals surface area contributed by atoms with Crippen LogP contribution in [0.1, 0.15) is 25.5 Å². The molecule has 3 heterocycles. The van der Waals surface area contributed by atoms with Crippen molar-refractivity contribution in [3.05, 3.63) is 69.9 Å². The minimum Gasteiger partial charge on any atom is -0.355 e. The van der Waals surface area contributed by atoms with Crippen molar-refractivity contribution in [1.82, 2.24) is 25.1 Å². The summed E-state index contributed by atoms with van der Waals surface area (Å²) in [5, 5.41) is 12.4. The van der Waals surface area contributed by atoms with Gasteiger partial charge in [-0.2, -0.15) is 0 Å². The molecule has 0 atom stereocenters. The standard InChI is InChI=1S/C24H27ClN6O2/c1-2-20-15-23(32)31(16-27-20)14-11-26-24(33)18-9-12-30(13-10-18)22-8-7-21(28-29-22)17-3-5-19(25)6-4-17/h3-8,15-16,18H,2,9-14H2,1H3,(H,26,33). The smallest absolute Gasteiger partial charge is 0.253 e. The molecule has 0 radical (unpaired) electrons. The van der Waals surface area contributed by atoms with Gasteiger partial charge in [0.2, 0.25) is 5.91 Å². The molecule has 0 spiro atoms. The third kappa shape index (κ3) is 5.76. The van der Waals surface area contributed by atoms with Gasteiger partial charge in [-0.05, 0) is 43.5 Å². The molecule has 33 heavy (non-hydrogen) atoms. The number of anilines is 1. The number of piperidine rings is 1. The van der Waals surface area contributed by atoms with Crippen LogP contribution in [0, 0.1) is 5.92 Å². The first-order chi connectivity index (χ1) is 16.0. The summed E-state index contributed by atoms with van der Waals surface area (Å²) in [5.41, 5.74) is 2.44. The van der Waals surface area contributed by atoms with E-state index in [4.69, 9.17) is 11.6 Å². The second-order valence-electron chi connectivity index (χ2n) is 8.10. The molecule has 172 valence electrons. The highest BCUT2D eigenvalue weighted by molar-refractivity contribution is 6.30. The van der Waals surface area contributed by atoms with Crippen LogP contribution in [0.3, 0.4) is 0 Å². The second kappa shape index (κ2) is 10.6. The molecule has 2 aromatic heterocycles. The molecular formula is C24H27ClN6O2. The van der Waals surface area contributed by atoms with Gasteiger partial charge in [-0.3, -0.25) is 14.2 Å². The first-order valence-electron chi connectivity index (χ1n) is 11.2. The van der Waals surface area contributed by atoms with E-state index >= 15 is 0 Å². The number of rotatable bonds is 7.